The number of ether oxygens (including phenoxy) is 1. The van der Waals surface area contributed by atoms with Crippen molar-refractivity contribution in [3.8, 4) is 0 Å². The number of esters is 1. The van der Waals surface area contributed by atoms with Gasteiger partial charge >= 0.3 is 5.97 Å². The van der Waals surface area contributed by atoms with Crippen LogP contribution in [-0.2, 0) is 29.1 Å². The van der Waals surface area contributed by atoms with Gasteiger partial charge in [-0.3, -0.25) is 14.4 Å². The minimum atomic E-state index is -4.27. The number of carbonyl (C=O) groups excluding carboxylic acids is 3. The molecule has 1 fully saturated rings. The van der Waals surface area contributed by atoms with E-state index in [1.54, 1.807) is 30.3 Å². The van der Waals surface area contributed by atoms with Crippen LogP contribution in [0.5, 0.6) is 0 Å². The number of benzene rings is 2. The van der Waals surface area contributed by atoms with E-state index in [0.29, 0.717) is 12.1 Å². The first-order valence-corrected chi connectivity index (χ1v) is 11.7. The van der Waals surface area contributed by atoms with Gasteiger partial charge in [0.1, 0.15) is 16.8 Å². The molecule has 2 amide bonds. The number of sulfonamides is 1. The molecule has 1 saturated heterocycles. The number of para-hydroxylation sites is 1. The van der Waals surface area contributed by atoms with Gasteiger partial charge in [-0.15, -0.1) is 0 Å². The second-order valence-electron chi connectivity index (χ2n) is 7.41. The molecule has 1 atom stereocenters. The fourth-order valence-corrected chi connectivity index (χ4v) is 5.29. The van der Waals surface area contributed by atoms with E-state index in [4.69, 9.17) is 10.5 Å². The topological polar surface area (TPSA) is 127 Å². The zero-order valence-corrected chi connectivity index (χ0v) is 18.5. The van der Waals surface area contributed by atoms with Crippen LogP contribution >= 0.6 is 0 Å². The van der Waals surface area contributed by atoms with Crippen molar-refractivity contribution in [3.63, 3.8) is 0 Å². The summed E-state index contributed by atoms with van der Waals surface area (Å²) in [6.07, 6.45) is 0.479. The maximum atomic E-state index is 14.1. The van der Waals surface area contributed by atoms with Gasteiger partial charge in [0.05, 0.1) is 0 Å². The molecule has 11 heteroatoms. The molecule has 2 aromatic rings. The van der Waals surface area contributed by atoms with Crippen LogP contribution in [0.2, 0.25) is 0 Å². The molecule has 176 valence electrons. The Morgan fingerprint density at radius 2 is 1.76 bits per heavy atom. The average molecular weight is 478 g/mol. The number of nitrogens with two attached hydrogens (primary N) is 1. The van der Waals surface area contributed by atoms with Crippen molar-refractivity contribution in [1.29, 1.82) is 0 Å². The summed E-state index contributed by atoms with van der Waals surface area (Å²) < 4.78 is 46.0. The maximum absolute atomic E-state index is 14.1. The van der Waals surface area contributed by atoms with Gasteiger partial charge in [-0.25, -0.2) is 12.8 Å². The Balaban J connectivity index is 1.70. The monoisotopic (exact) mass is 477 g/mol. The molecule has 2 aromatic carbocycles. The summed E-state index contributed by atoms with van der Waals surface area (Å²) in [4.78, 5) is 37.3. The average Bonchev–Trinajstić information content (AvgIpc) is 3.29. The smallest absolute Gasteiger partial charge is 0.324 e. The zero-order chi connectivity index (χ0) is 24.0. The fourth-order valence-electron chi connectivity index (χ4n) is 3.58. The predicted molar refractivity (Wildman–Crippen MR) is 117 cm³/mol. The molecule has 0 aliphatic carbocycles. The molecule has 0 saturated carbocycles. The van der Waals surface area contributed by atoms with E-state index in [1.807, 2.05) is 0 Å². The first-order valence-electron chi connectivity index (χ1n) is 10.3. The molecule has 33 heavy (non-hydrogen) atoms. The Hall–Kier alpha value is -3.31. The van der Waals surface area contributed by atoms with Gasteiger partial charge in [0.15, 0.2) is 6.61 Å². The Bertz CT molecular complexity index is 1130. The number of carbonyl (C=O) groups is 3. The second kappa shape index (κ2) is 10.5. The number of amides is 2. The van der Waals surface area contributed by atoms with Crippen LogP contribution in [0.25, 0.3) is 0 Å². The van der Waals surface area contributed by atoms with Gasteiger partial charge in [0.25, 0.3) is 5.91 Å². The molecule has 9 nitrogen and oxygen atoms in total. The molecule has 1 heterocycles. The molecule has 0 radical (unpaired) electrons. The van der Waals surface area contributed by atoms with E-state index in [0.717, 1.165) is 16.4 Å². The lowest BCUT2D eigenvalue weighted by molar-refractivity contribution is -0.151. The molecule has 0 aromatic heterocycles. The molecule has 0 unspecified atom stereocenters. The molecular formula is C22H24FN3O6S. The Labute approximate surface area is 191 Å². The summed E-state index contributed by atoms with van der Waals surface area (Å²) in [5.74, 6) is -3.01. The van der Waals surface area contributed by atoms with Gasteiger partial charge in [0, 0.05) is 25.2 Å². The van der Waals surface area contributed by atoms with Crippen molar-refractivity contribution < 1.29 is 31.9 Å². The van der Waals surface area contributed by atoms with Gasteiger partial charge in [-0.2, -0.15) is 4.31 Å². The summed E-state index contributed by atoms with van der Waals surface area (Å²) in [5, 5.41) is 0. The maximum Gasteiger partial charge on any atom is 0.324 e. The molecule has 3 rings (SSSR count). The highest BCUT2D eigenvalue weighted by molar-refractivity contribution is 7.89. The molecule has 2 N–H and O–H groups in total. The van der Waals surface area contributed by atoms with Crippen molar-refractivity contribution >= 4 is 33.5 Å². The van der Waals surface area contributed by atoms with Crippen LogP contribution in [0.4, 0.5) is 10.1 Å². The van der Waals surface area contributed by atoms with E-state index in [-0.39, 0.29) is 25.9 Å². The number of anilines is 1. The predicted octanol–water partition coefficient (Wildman–Crippen LogP) is 1.43. The van der Waals surface area contributed by atoms with Crippen molar-refractivity contribution in [2.24, 2.45) is 5.73 Å². The molecule has 1 aliphatic heterocycles. The zero-order valence-electron chi connectivity index (χ0n) is 17.7. The summed E-state index contributed by atoms with van der Waals surface area (Å²) >= 11 is 0. The lowest BCUT2D eigenvalue weighted by Crippen LogP contribution is -2.43. The second-order valence-corrected chi connectivity index (χ2v) is 9.27. The summed E-state index contributed by atoms with van der Waals surface area (Å²) in [5.41, 5.74) is 5.68. The standard InChI is InChI=1S/C22H24FN3O6S/c23-17-9-4-5-11-19(17)33(30,31)26-13-6-10-18(26)22(29)32-15-21(28)25(14-12-20(24)27)16-7-2-1-3-8-16/h1-5,7-9,11,18H,6,10,12-15H2,(H2,24,27)/t18-/m0/s1. The molecule has 0 spiro atoms. The number of primary amides is 1. The third-order valence-corrected chi connectivity index (χ3v) is 7.13. The van der Waals surface area contributed by atoms with E-state index in [9.17, 15) is 27.2 Å². The number of hydrogen-bond donors (Lipinski definition) is 1. The Kier molecular flexibility index (Phi) is 7.77. The van der Waals surface area contributed by atoms with Gasteiger partial charge in [0.2, 0.25) is 15.9 Å². The summed E-state index contributed by atoms with van der Waals surface area (Å²) in [7, 11) is -4.27. The molecular weight excluding hydrogens is 453 g/mol. The van der Waals surface area contributed by atoms with Gasteiger partial charge < -0.3 is 15.4 Å². The SMILES string of the molecule is NC(=O)CCN(C(=O)COC(=O)[C@@H]1CCCN1S(=O)(=O)c1ccccc1F)c1ccccc1. The van der Waals surface area contributed by atoms with Crippen LogP contribution in [0.3, 0.4) is 0 Å². The minimum Gasteiger partial charge on any atom is -0.454 e. The third kappa shape index (κ3) is 5.74. The van der Waals surface area contributed by atoms with Crippen LogP contribution in [0.15, 0.2) is 59.5 Å². The normalized spacial score (nSPS) is 16.3. The first-order chi connectivity index (χ1) is 15.7. The van der Waals surface area contributed by atoms with Crippen molar-refractivity contribution in [2.45, 2.75) is 30.2 Å². The van der Waals surface area contributed by atoms with Crippen molar-refractivity contribution in [2.75, 3.05) is 24.6 Å². The Morgan fingerprint density at radius 3 is 2.42 bits per heavy atom. The van der Waals surface area contributed by atoms with Crippen molar-refractivity contribution in [1.82, 2.24) is 4.31 Å². The number of nitrogens with zero attached hydrogens (tertiary/aromatic N) is 2. The summed E-state index contributed by atoms with van der Waals surface area (Å²) in [6.45, 7) is -0.636. The lowest BCUT2D eigenvalue weighted by Gasteiger charge is -2.24. The van der Waals surface area contributed by atoms with Crippen molar-refractivity contribution in [3.05, 3.63) is 60.4 Å². The van der Waals surface area contributed by atoms with Gasteiger partial charge in [-0.05, 0) is 37.1 Å². The highest BCUT2D eigenvalue weighted by Crippen LogP contribution is 2.28. The Morgan fingerprint density at radius 1 is 1.09 bits per heavy atom. The molecule has 1 aliphatic rings. The van der Waals surface area contributed by atoms with E-state index >= 15 is 0 Å². The van der Waals surface area contributed by atoms with E-state index in [2.05, 4.69) is 0 Å². The van der Waals surface area contributed by atoms with Gasteiger partial charge in [-0.1, -0.05) is 30.3 Å². The summed E-state index contributed by atoms with van der Waals surface area (Å²) in [6, 6.07) is 12.2. The third-order valence-electron chi connectivity index (χ3n) is 5.19. The molecule has 0 bridgehead atoms. The number of hydrogen-bond acceptors (Lipinski definition) is 6. The number of rotatable bonds is 9. The largest absolute Gasteiger partial charge is 0.454 e. The van der Waals surface area contributed by atoms with Crippen LogP contribution in [0, 0.1) is 5.82 Å². The first kappa shape index (κ1) is 24.3. The van der Waals surface area contributed by atoms with Crippen LogP contribution < -0.4 is 10.6 Å². The lowest BCUT2D eigenvalue weighted by atomic mass is 10.2. The highest BCUT2D eigenvalue weighted by Gasteiger charge is 2.41. The van der Waals surface area contributed by atoms with Crippen LogP contribution in [-0.4, -0.2) is 56.2 Å². The highest BCUT2D eigenvalue weighted by atomic mass is 32.2. The van der Waals surface area contributed by atoms with Crippen LogP contribution in [0.1, 0.15) is 19.3 Å². The minimum absolute atomic E-state index is 0.00700. The van der Waals surface area contributed by atoms with E-state index < -0.39 is 51.2 Å². The quantitative estimate of drug-likeness (QED) is 0.545. The fraction of sp³-hybridized carbons (Fsp3) is 0.318. The van der Waals surface area contributed by atoms with E-state index in [1.165, 1.54) is 17.0 Å². The number of halogens is 1.